The molecule has 1 aromatic carbocycles. The van der Waals surface area contributed by atoms with Crippen LogP contribution in [0.2, 0.25) is 0 Å². The van der Waals surface area contributed by atoms with Gasteiger partial charge in [0, 0.05) is 39.3 Å². The topological polar surface area (TPSA) is 3.24 Å². The van der Waals surface area contributed by atoms with Crippen molar-refractivity contribution >= 4 is 18.5 Å². The van der Waals surface area contributed by atoms with Gasteiger partial charge >= 0.3 is 0 Å². The first-order valence-electron chi connectivity index (χ1n) is 3.83. The first kappa shape index (κ1) is 10.6. The van der Waals surface area contributed by atoms with E-state index >= 15 is 0 Å². The van der Waals surface area contributed by atoms with E-state index in [1.54, 1.807) is 0 Å². The van der Waals surface area contributed by atoms with Gasteiger partial charge in [-0.1, -0.05) is 24.9 Å². The molecule has 0 saturated heterocycles. The summed E-state index contributed by atoms with van der Waals surface area (Å²) in [5.41, 5.74) is 4.02. The molecule has 1 aromatic rings. The monoisotopic (exact) mass is 254 g/mol. The normalized spacial score (nSPS) is 14.0. The van der Waals surface area contributed by atoms with E-state index in [9.17, 15) is 0 Å². The molecule has 3 heteroatoms. The summed E-state index contributed by atoms with van der Waals surface area (Å²) in [6.07, 6.45) is 1.14. The van der Waals surface area contributed by atoms with E-state index in [0.29, 0.717) is 0 Å². The summed E-state index contributed by atoms with van der Waals surface area (Å²) in [6, 6.07) is 6.54. The maximum Gasteiger partial charge on any atom is 0.0502 e. The first-order valence-corrected chi connectivity index (χ1v) is 4.23. The Morgan fingerprint density at radius 3 is 2.92 bits per heavy atom. The van der Waals surface area contributed by atoms with Gasteiger partial charge in [-0.15, -0.1) is 0 Å². The molecule has 0 aromatic heterocycles. The van der Waals surface area contributed by atoms with Crippen LogP contribution in [0.5, 0.6) is 0 Å². The second-order valence-electron chi connectivity index (χ2n) is 3.01. The van der Waals surface area contributed by atoms with Crippen LogP contribution in [0.15, 0.2) is 18.2 Å². The van der Waals surface area contributed by atoms with Gasteiger partial charge < -0.3 is 4.31 Å². The predicted molar refractivity (Wildman–Crippen MR) is 51.2 cm³/mol. The molecule has 0 aliphatic carbocycles. The van der Waals surface area contributed by atoms with Gasteiger partial charge in [0.2, 0.25) is 0 Å². The molecule has 12 heavy (non-hydrogen) atoms. The van der Waals surface area contributed by atoms with Crippen LogP contribution in [0, 0.1) is 6.92 Å². The van der Waals surface area contributed by atoms with Crippen molar-refractivity contribution in [1.82, 2.24) is 0 Å². The van der Waals surface area contributed by atoms with Gasteiger partial charge in [-0.3, -0.25) is 0 Å². The Labute approximate surface area is 104 Å². The summed E-state index contributed by atoms with van der Waals surface area (Å²) in [4.78, 5) is 0. The quantitative estimate of drug-likeness (QED) is 0.695. The second-order valence-corrected chi connectivity index (χ2v) is 3.49. The molecule has 1 radical (unpaired) electrons. The molecule has 0 spiro atoms. The molecule has 1 aliphatic heterocycles. The van der Waals surface area contributed by atoms with Crippen molar-refractivity contribution in [2.24, 2.45) is 0 Å². The number of nitrogens with zero attached hydrogens (tertiary/aromatic N) is 1. The van der Waals surface area contributed by atoms with E-state index in [0.717, 1.165) is 13.0 Å². The van der Waals surface area contributed by atoms with E-state index in [1.807, 2.05) is 4.31 Å². The van der Waals surface area contributed by atoms with Crippen LogP contribution in [-0.2, 0) is 39.1 Å². The summed E-state index contributed by atoms with van der Waals surface area (Å²) in [5.74, 6) is 0. The molecular weight excluding hydrogens is 243 g/mol. The van der Waals surface area contributed by atoms with Crippen LogP contribution in [0.1, 0.15) is 11.1 Å². The molecule has 1 nitrogen and oxygen atoms in total. The summed E-state index contributed by atoms with van der Waals surface area (Å²) in [5, 5.41) is 0. The summed E-state index contributed by atoms with van der Waals surface area (Å²) >= 11 is 4.35. The van der Waals surface area contributed by atoms with Gasteiger partial charge in [-0.2, -0.15) is 0 Å². The number of anilines is 1. The zero-order chi connectivity index (χ0) is 7.84. The number of hydrogen-bond donors (Lipinski definition) is 1. The maximum absolute atomic E-state index is 4.35. The van der Waals surface area contributed by atoms with Crippen molar-refractivity contribution in [2.75, 3.05) is 10.8 Å². The number of benzene rings is 1. The number of aryl methyl sites for hydroxylation is 1. The van der Waals surface area contributed by atoms with Crippen LogP contribution in [0.25, 0.3) is 0 Å². The van der Waals surface area contributed by atoms with E-state index in [2.05, 4.69) is 37.9 Å². The maximum atomic E-state index is 4.35. The minimum absolute atomic E-state index is 0. The fourth-order valence-electron chi connectivity index (χ4n) is 1.47. The number of fused-ring (bicyclic) bond motifs is 1. The smallest absolute Gasteiger partial charge is 0.0502 e. The Kier molecular flexibility index (Phi) is 3.63. The van der Waals surface area contributed by atoms with Gasteiger partial charge in [-0.05, 0) is 30.5 Å². The van der Waals surface area contributed by atoms with Crippen molar-refractivity contribution in [3.8, 4) is 0 Å². The second kappa shape index (κ2) is 4.12. The molecule has 0 saturated carbocycles. The number of hydrogen-bond acceptors (Lipinski definition) is 2. The molecule has 1 heterocycles. The van der Waals surface area contributed by atoms with Crippen molar-refractivity contribution in [1.29, 1.82) is 0 Å². The van der Waals surface area contributed by atoms with E-state index < -0.39 is 0 Å². The van der Waals surface area contributed by atoms with E-state index in [1.165, 1.54) is 16.8 Å². The fraction of sp³-hybridized carbons (Fsp3) is 0.333. The predicted octanol–water partition coefficient (Wildman–Crippen LogP) is 2.20. The third-order valence-electron chi connectivity index (χ3n) is 2.11. The minimum Gasteiger partial charge on any atom is -0.318 e. The average molecular weight is 254 g/mol. The SMILES string of the molecule is Cc1ccc2c(c1)N(S)CC2.[Y]. The largest absolute Gasteiger partial charge is 0.318 e. The fourth-order valence-corrected chi connectivity index (χ4v) is 1.76. The first-order chi connectivity index (χ1) is 5.27. The molecule has 2 rings (SSSR count). The van der Waals surface area contributed by atoms with Gasteiger partial charge in [0.15, 0.2) is 0 Å². The summed E-state index contributed by atoms with van der Waals surface area (Å²) in [7, 11) is 0. The Hall–Kier alpha value is 0.474. The Morgan fingerprint density at radius 2 is 2.17 bits per heavy atom. The van der Waals surface area contributed by atoms with Crippen molar-refractivity contribution in [2.45, 2.75) is 13.3 Å². The van der Waals surface area contributed by atoms with Crippen LogP contribution in [0.3, 0.4) is 0 Å². The molecule has 0 atom stereocenters. The molecule has 0 N–H and O–H groups in total. The molecule has 1 aliphatic rings. The van der Waals surface area contributed by atoms with Crippen molar-refractivity contribution < 1.29 is 32.7 Å². The minimum atomic E-state index is 0. The molecular formula is C9H11NSY. The Bertz CT molecular complexity index is 288. The van der Waals surface area contributed by atoms with Gasteiger partial charge in [0.1, 0.15) is 0 Å². The van der Waals surface area contributed by atoms with Gasteiger partial charge in [-0.25, -0.2) is 0 Å². The van der Waals surface area contributed by atoms with Crippen molar-refractivity contribution in [3.63, 3.8) is 0 Å². The average Bonchev–Trinajstić information content (AvgIpc) is 2.33. The number of thiol groups is 1. The van der Waals surface area contributed by atoms with Crippen LogP contribution < -0.4 is 4.31 Å². The van der Waals surface area contributed by atoms with Crippen LogP contribution >= 0.6 is 12.8 Å². The van der Waals surface area contributed by atoms with Crippen LogP contribution in [0.4, 0.5) is 5.69 Å². The molecule has 0 unspecified atom stereocenters. The zero-order valence-corrected chi connectivity index (χ0v) is 10.9. The van der Waals surface area contributed by atoms with Crippen molar-refractivity contribution in [3.05, 3.63) is 29.3 Å². The summed E-state index contributed by atoms with van der Waals surface area (Å²) in [6.45, 7) is 3.15. The Balaban J connectivity index is 0.000000720. The molecule has 61 valence electrons. The van der Waals surface area contributed by atoms with Gasteiger partial charge in [0.05, 0.1) is 5.69 Å². The molecule has 0 fully saturated rings. The summed E-state index contributed by atoms with van der Waals surface area (Å²) < 4.78 is 2.02. The standard InChI is InChI=1S/C9H11NS.Y/c1-7-2-3-8-4-5-10(11)9(8)6-7;/h2-3,6,11H,4-5H2,1H3;. The number of rotatable bonds is 0. The van der Waals surface area contributed by atoms with Gasteiger partial charge in [0.25, 0.3) is 0 Å². The molecule has 0 amide bonds. The van der Waals surface area contributed by atoms with E-state index in [4.69, 9.17) is 0 Å². The Morgan fingerprint density at radius 1 is 1.42 bits per heavy atom. The third-order valence-corrected chi connectivity index (χ3v) is 2.53. The third kappa shape index (κ3) is 1.86. The zero-order valence-electron chi connectivity index (χ0n) is 7.12. The van der Waals surface area contributed by atoms with Crippen LogP contribution in [-0.4, -0.2) is 6.54 Å². The van der Waals surface area contributed by atoms with E-state index in [-0.39, 0.29) is 32.7 Å². The molecule has 0 bridgehead atoms.